The molecule has 0 aliphatic rings. The Balaban J connectivity index is 2.19. The number of ether oxygens (including phenoxy) is 3. The fourth-order valence-corrected chi connectivity index (χ4v) is 2.80. The average Bonchev–Trinajstić information content (AvgIpc) is 3.10. The van der Waals surface area contributed by atoms with Crippen molar-refractivity contribution in [2.24, 2.45) is 7.05 Å². The number of benzene rings is 1. The highest BCUT2D eigenvalue weighted by atomic mass is 19.4. The molecule has 2 N–H and O–H groups in total. The summed E-state index contributed by atoms with van der Waals surface area (Å²) in [6, 6.07) is 3.10. The molecule has 1 aromatic heterocycles. The van der Waals surface area contributed by atoms with E-state index in [1.807, 2.05) is 0 Å². The Kier molecular flexibility index (Phi) is 6.62. The summed E-state index contributed by atoms with van der Waals surface area (Å²) < 4.78 is 57.2. The molecule has 160 valence electrons. The van der Waals surface area contributed by atoms with Gasteiger partial charge in [-0.2, -0.15) is 13.2 Å². The van der Waals surface area contributed by atoms with E-state index in [1.165, 1.54) is 34.6 Å². The molecule has 0 aliphatic heterocycles. The minimum Gasteiger partial charge on any atom is -0.493 e. The van der Waals surface area contributed by atoms with E-state index in [0.717, 1.165) is 10.8 Å². The van der Waals surface area contributed by atoms with E-state index in [2.05, 4.69) is 10.3 Å². The molecule has 2 aromatic rings. The lowest BCUT2D eigenvalue weighted by Gasteiger charge is -2.29. The van der Waals surface area contributed by atoms with E-state index in [0.29, 0.717) is 22.8 Å². The standard InChI is InChI=1S/C18H22F3N3O5/c1-24-6-5-22-16(24)17(26,18(19,20)21)9-14(25)23-10-11-7-12(27-2)15(29-4)13(8-11)28-3/h5-8,26H,9-10H2,1-4H3,(H,23,25). The SMILES string of the molecule is COc1cc(CNC(=O)CC(O)(c2nccn2C)C(F)(F)F)cc(OC)c1OC. The average molecular weight is 417 g/mol. The largest absolute Gasteiger partial charge is 0.493 e. The number of carbonyl (C=O) groups excluding carboxylic acids is 1. The number of hydrogen-bond donors (Lipinski definition) is 2. The Morgan fingerprint density at radius 1 is 1.17 bits per heavy atom. The summed E-state index contributed by atoms with van der Waals surface area (Å²) >= 11 is 0. The molecular formula is C18H22F3N3O5. The molecule has 1 amide bonds. The van der Waals surface area contributed by atoms with Crippen LogP contribution in [0.15, 0.2) is 24.5 Å². The third-order valence-electron chi connectivity index (χ3n) is 4.29. The highest BCUT2D eigenvalue weighted by Gasteiger charge is 2.58. The number of alkyl halides is 3. The molecule has 29 heavy (non-hydrogen) atoms. The van der Waals surface area contributed by atoms with Crippen molar-refractivity contribution < 1.29 is 37.3 Å². The Morgan fingerprint density at radius 2 is 1.76 bits per heavy atom. The normalized spacial score (nSPS) is 13.5. The van der Waals surface area contributed by atoms with Crippen LogP contribution >= 0.6 is 0 Å². The highest BCUT2D eigenvalue weighted by Crippen LogP contribution is 2.41. The van der Waals surface area contributed by atoms with Crippen molar-refractivity contribution in [2.45, 2.75) is 24.7 Å². The molecule has 0 radical (unpaired) electrons. The summed E-state index contributed by atoms with van der Waals surface area (Å²) in [5.74, 6) is -0.687. The number of amides is 1. The maximum Gasteiger partial charge on any atom is 0.425 e. The smallest absolute Gasteiger partial charge is 0.425 e. The van der Waals surface area contributed by atoms with Gasteiger partial charge in [0.1, 0.15) is 0 Å². The van der Waals surface area contributed by atoms with Gasteiger partial charge >= 0.3 is 6.18 Å². The van der Waals surface area contributed by atoms with Crippen LogP contribution in [0.25, 0.3) is 0 Å². The summed E-state index contributed by atoms with van der Waals surface area (Å²) in [5.41, 5.74) is -2.93. The predicted molar refractivity (Wildman–Crippen MR) is 95.7 cm³/mol. The number of aliphatic hydroxyl groups is 1. The zero-order valence-corrected chi connectivity index (χ0v) is 16.3. The van der Waals surface area contributed by atoms with Crippen molar-refractivity contribution in [3.8, 4) is 17.2 Å². The molecule has 1 heterocycles. The van der Waals surface area contributed by atoms with E-state index in [4.69, 9.17) is 14.2 Å². The number of hydrogen-bond acceptors (Lipinski definition) is 6. The van der Waals surface area contributed by atoms with Gasteiger partial charge in [0.15, 0.2) is 17.3 Å². The molecule has 8 nitrogen and oxygen atoms in total. The summed E-state index contributed by atoms with van der Waals surface area (Å²) in [6.45, 7) is -0.121. The van der Waals surface area contributed by atoms with Crippen LogP contribution in [0.4, 0.5) is 13.2 Å². The molecule has 0 aliphatic carbocycles. The third kappa shape index (κ3) is 4.56. The van der Waals surface area contributed by atoms with Gasteiger partial charge in [0.05, 0.1) is 27.8 Å². The highest BCUT2D eigenvalue weighted by molar-refractivity contribution is 5.77. The lowest BCUT2D eigenvalue weighted by atomic mass is 9.97. The topological polar surface area (TPSA) is 94.8 Å². The van der Waals surface area contributed by atoms with Crippen molar-refractivity contribution in [1.29, 1.82) is 0 Å². The molecule has 0 bridgehead atoms. The van der Waals surface area contributed by atoms with Gasteiger partial charge in [-0.15, -0.1) is 0 Å². The molecular weight excluding hydrogens is 395 g/mol. The van der Waals surface area contributed by atoms with E-state index >= 15 is 0 Å². The Labute approximate surface area is 165 Å². The summed E-state index contributed by atoms with van der Waals surface area (Å²) in [7, 11) is 5.55. The zero-order chi connectivity index (χ0) is 21.8. The molecule has 1 aromatic carbocycles. The first-order valence-corrected chi connectivity index (χ1v) is 8.39. The van der Waals surface area contributed by atoms with E-state index in [-0.39, 0.29) is 6.54 Å². The first-order chi connectivity index (χ1) is 13.6. The fourth-order valence-electron chi connectivity index (χ4n) is 2.80. The van der Waals surface area contributed by atoms with Crippen LogP contribution in [0.2, 0.25) is 0 Å². The number of aryl methyl sites for hydroxylation is 1. The molecule has 0 fully saturated rings. The van der Waals surface area contributed by atoms with Crippen molar-refractivity contribution in [3.63, 3.8) is 0 Å². The number of aromatic nitrogens is 2. The molecule has 0 spiro atoms. The minimum atomic E-state index is -5.10. The third-order valence-corrected chi connectivity index (χ3v) is 4.29. The second-order valence-electron chi connectivity index (χ2n) is 6.21. The predicted octanol–water partition coefficient (Wildman–Crippen LogP) is 1.90. The second kappa shape index (κ2) is 8.60. The van der Waals surface area contributed by atoms with Gasteiger partial charge in [0.25, 0.3) is 0 Å². The maximum absolute atomic E-state index is 13.5. The summed E-state index contributed by atoms with van der Waals surface area (Å²) in [6.07, 6.45) is -3.98. The van der Waals surface area contributed by atoms with Gasteiger partial charge in [-0.3, -0.25) is 4.79 Å². The van der Waals surface area contributed by atoms with Crippen molar-refractivity contribution >= 4 is 5.91 Å². The lowest BCUT2D eigenvalue weighted by molar-refractivity contribution is -0.271. The van der Waals surface area contributed by atoms with Gasteiger partial charge in [0.2, 0.25) is 17.3 Å². The van der Waals surface area contributed by atoms with Gasteiger partial charge in [-0.25, -0.2) is 4.98 Å². The zero-order valence-electron chi connectivity index (χ0n) is 16.3. The number of carbonyl (C=O) groups is 1. The molecule has 0 saturated carbocycles. The minimum absolute atomic E-state index is 0.121. The second-order valence-corrected chi connectivity index (χ2v) is 6.21. The van der Waals surface area contributed by atoms with Crippen molar-refractivity contribution in [2.75, 3.05) is 21.3 Å². The van der Waals surface area contributed by atoms with Crippen LogP contribution in [0.1, 0.15) is 17.8 Å². The Hall–Kier alpha value is -2.95. The van der Waals surface area contributed by atoms with Gasteiger partial charge < -0.3 is 29.2 Å². The van der Waals surface area contributed by atoms with Gasteiger partial charge in [-0.1, -0.05) is 0 Å². The molecule has 0 saturated heterocycles. The van der Waals surface area contributed by atoms with Crippen LogP contribution < -0.4 is 19.5 Å². The number of halogens is 3. The Bertz CT molecular complexity index is 844. The van der Waals surface area contributed by atoms with Crippen LogP contribution in [0.5, 0.6) is 17.2 Å². The van der Waals surface area contributed by atoms with Crippen LogP contribution in [0.3, 0.4) is 0 Å². The number of rotatable bonds is 8. The van der Waals surface area contributed by atoms with E-state index < -0.39 is 29.9 Å². The van der Waals surface area contributed by atoms with Crippen LogP contribution in [-0.2, 0) is 24.0 Å². The number of imidazole rings is 1. The summed E-state index contributed by atoms with van der Waals surface area (Å²) in [5, 5.41) is 12.6. The Morgan fingerprint density at radius 3 is 2.17 bits per heavy atom. The van der Waals surface area contributed by atoms with Gasteiger partial charge in [0, 0.05) is 26.0 Å². The van der Waals surface area contributed by atoms with Crippen molar-refractivity contribution in [3.05, 3.63) is 35.9 Å². The molecule has 11 heteroatoms. The summed E-state index contributed by atoms with van der Waals surface area (Å²) in [4.78, 5) is 15.8. The van der Waals surface area contributed by atoms with E-state index in [1.54, 1.807) is 12.1 Å². The van der Waals surface area contributed by atoms with Crippen molar-refractivity contribution in [1.82, 2.24) is 14.9 Å². The first kappa shape index (κ1) is 22.3. The molecule has 1 unspecified atom stereocenters. The molecule has 1 atom stereocenters. The maximum atomic E-state index is 13.5. The lowest BCUT2D eigenvalue weighted by Crippen LogP contribution is -2.47. The van der Waals surface area contributed by atoms with Gasteiger partial charge in [-0.05, 0) is 17.7 Å². The number of nitrogens with one attached hydrogen (secondary N) is 1. The number of nitrogens with zero attached hydrogens (tertiary/aromatic N) is 2. The number of methoxy groups -OCH3 is 3. The molecule has 2 rings (SSSR count). The fraction of sp³-hybridized carbons (Fsp3) is 0.444. The van der Waals surface area contributed by atoms with Crippen LogP contribution in [0, 0.1) is 0 Å². The monoisotopic (exact) mass is 417 g/mol. The van der Waals surface area contributed by atoms with E-state index in [9.17, 15) is 23.1 Å². The van der Waals surface area contributed by atoms with Crippen LogP contribution in [-0.4, -0.2) is 48.1 Å². The first-order valence-electron chi connectivity index (χ1n) is 8.39. The quantitative estimate of drug-likeness (QED) is 0.681.